The van der Waals surface area contributed by atoms with E-state index in [0.29, 0.717) is 18.1 Å². The van der Waals surface area contributed by atoms with E-state index < -0.39 is 0 Å². The summed E-state index contributed by atoms with van der Waals surface area (Å²) in [5.41, 5.74) is 2.10. The summed E-state index contributed by atoms with van der Waals surface area (Å²) in [5, 5.41) is 13.9. The largest absolute Gasteiger partial charge is 0.305 e. The first-order valence-corrected chi connectivity index (χ1v) is 12.5. The highest BCUT2D eigenvalue weighted by Crippen LogP contribution is 2.21. The Bertz CT molecular complexity index is 1180. The molecule has 2 aromatic heterocycles. The molecule has 0 saturated heterocycles. The Kier molecular flexibility index (Phi) is 8.05. The van der Waals surface area contributed by atoms with Gasteiger partial charge in [0.1, 0.15) is 5.82 Å². The summed E-state index contributed by atoms with van der Waals surface area (Å²) in [5.74, 6) is 0.328. The Hall–Kier alpha value is -3.23. The lowest BCUT2D eigenvalue weighted by Crippen LogP contribution is -2.33. The number of thiophene rings is 1. The average molecular weight is 477 g/mol. The smallest absolute Gasteiger partial charge is 0.237 e. The monoisotopic (exact) mass is 476 g/mol. The molecule has 0 atom stereocenters. The van der Waals surface area contributed by atoms with Crippen LogP contribution in [0.4, 0.5) is 0 Å². The molecule has 0 aliphatic rings. The number of amides is 2. The van der Waals surface area contributed by atoms with Crippen molar-refractivity contribution in [2.45, 2.75) is 31.0 Å². The van der Waals surface area contributed by atoms with Crippen LogP contribution in [0.25, 0.3) is 0 Å². The summed E-state index contributed by atoms with van der Waals surface area (Å²) in [4.78, 5) is 25.7. The number of aryl methyl sites for hydroxylation is 1. The van der Waals surface area contributed by atoms with Crippen LogP contribution < -0.4 is 5.32 Å². The molecule has 168 valence electrons. The number of aromatic nitrogens is 3. The molecule has 2 heterocycles. The second-order valence-electron chi connectivity index (χ2n) is 7.46. The number of nitrogens with one attached hydrogen (secondary N) is 1. The highest BCUT2D eigenvalue weighted by atomic mass is 32.2. The number of imide groups is 1. The van der Waals surface area contributed by atoms with Crippen LogP contribution in [0.3, 0.4) is 0 Å². The summed E-state index contributed by atoms with van der Waals surface area (Å²) in [6.07, 6.45) is 1.71. The van der Waals surface area contributed by atoms with E-state index in [1.165, 1.54) is 22.2 Å². The third-order valence-electron chi connectivity index (χ3n) is 4.99. The fourth-order valence-electron chi connectivity index (χ4n) is 3.38. The van der Waals surface area contributed by atoms with Gasteiger partial charge in [0, 0.05) is 17.8 Å². The summed E-state index contributed by atoms with van der Waals surface area (Å²) >= 11 is 2.99. The lowest BCUT2D eigenvalue weighted by Gasteiger charge is -2.10. The van der Waals surface area contributed by atoms with Gasteiger partial charge in [-0.2, -0.15) is 0 Å². The predicted octanol–water partition coefficient (Wildman–Crippen LogP) is 4.15. The molecule has 0 bridgehead atoms. The molecule has 8 heteroatoms. The van der Waals surface area contributed by atoms with Crippen LogP contribution in [0.1, 0.15) is 21.8 Å². The maximum Gasteiger partial charge on any atom is 0.237 e. The molecule has 0 unspecified atom stereocenters. The van der Waals surface area contributed by atoms with E-state index in [9.17, 15) is 9.59 Å². The van der Waals surface area contributed by atoms with E-state index in [-0.39, 0.29) is 24.0 Å². The fraction of sp³-hybridized carbons (Fsp3) is 0.200. The summed E-state index contributed by atoms with van der Waals surface area (Å²) in [6.45, 7) is 0.717. The van der Waals surface area contributed by atoms with E-state index in [1.54, 1.807) is 11.3 Å². The minimum atomic E-state index is -0.335. The standard InChI is InChI=1S/C25H24N4O2S2/c30-23(16-20-10-5-2-6-11-20)26-24(31)18-33-25-28-27-22(17-21-12-7-15-32-21)29(25)14-13-19-8-3-1-4-9-19/h1-12,15H,13-14,16-18H2,(H,26,30,31). The van der Waals surface area contributed by atoms with Crippen molar-refractivity contribution in [2.75, 3.05) is 5.75 Å². The molecule has 33 heavy (non-hydrogen) atoms. The Morgan fingerprint density at radius 3 is 2.30 bits per heavy atom. The highest BCUT2D eigenvalue weighted by Gasteiger charge is 2.16. The number of hydrogen-bond acceptors (Lipinski definition) is 6. The molecule has 0 aliphatic carbocycles. The summed E-state index contributed by atoms with van der Waals surface area (Å²) in [7, 11) is 0. The number of thioether (sulfide) groups is 1. The summed E-state index contributed by atoms with van der Waals surface area (Å²) < 4.78 is 2.08. The van der Waals surface area contributed by atoms with Crippen molar-refractivity contribution in [3.63, 3.8) is 0 Å². The Labute approximate surface area is 201 Å². The number of hydrogen-bond donors (Lipinski definition) is 1. The van der Waals surface area contributed by atoms with Crippen molar-refractivity contribution in [1.82, 2.24) is 20.1 Å². The van der Waals surface area contributed by atoms with Crippen LogP contribution in [0, 0.1) is 0 Å². The lowest BCUT2D eigenvalue weighted by molar-refractivity contribution is -0.128. The van der Waals surface area contributed by atoms with Crippen LogP contribution >= 0.6 is 23.1 Å². The molecule has 0 radical (unpaired) electrons. The third kappa shape index (κ3) is 6.87. The maximum atomic E-state index is 12.4. The van der Waals surface area contributed by atoms with Gasteiger partial charge >= 0.3 is 0 Å². The van der Waals surface area contributed by atoms with Crippen LogP contribution in [-0.4, -0.2) is 32.3 Å². The first-order chi connectivity index (χ1) is 16.2. The van der Waals surface area contributed by atoms with E-state index in [1.807, 2.05) is 60.0 Å². The Morgan fingerprint density at radius 1 is 0.879 bits per heavy atom. The third-order valence-corrected chi connectivity index (χ3v) is 6.83. The molecule has 4 aromatic rings. The minimum Gasteiger partial charge on any atom is -0.305 e. The van der Waals surface area contributed by atoms with Gasteiger partial charge in [-0.15, -0.1) is 21.5 Å². The van der Waals surface area contributed by atoms with Crippen molar-refractivity contribution in [1.29, 1.82) is 0 Å². The molecule has 0 aliphatic heterocycles. The van der Waals surface area contributed by atoms with E-state index >= 15 is 0 Å². The number of benzene rings is 2. The first kappa shape index (κ1) is 22.9. The van der Waals surface area contributed by atoms with Crippen molar-refractivity contribution in [3.05, 3.63) is 100 Å². The van der Waals surface area contributed by atoms with Gasteiger partial charge in [0.25, 0.3) is 0 Å². The molecular formula is C25H24N4O2S2. The number of nitrogens with zero attached hydrogens (tertiary/aromatic N) is 3. The molecule has 2 aromatic carbocycles. The quantitative estimate of drug-likeness (QED) is 0.348. The van der Waals surface area contributed by atoms with Crippen molar-refractivity contribution >= 4 is 34.9 Å². The predicted molar refractivity (Wildman–Crippen MR) is 131 cm³/mol. The van der Waals surface area contributed by atoms with Crippen LogP contribution in [0.2, 0.25) is 0 Å². The zero-order valence-electron chi connectivity index (χ0n) is 18.0. The zero-order chi connectivity index (χ0) is 22.9. The van der Waals surface area contributed by atoms with Gasteiger partial charge in [-0.3, -0.25) is 14.9 Å². The van der Waals surface area contributed by atoms with Gasteiger partial charge in [-0.1, -0.05) is 78.5 Å². The summed E-state index contributed by atoms with van der Waals surface area (Å²) in [6, 6.07) is 23.7. The van der Waals surface area contributed by atoms with Gasteiger partial charge < -0.3 is 4.57 Å². The van der Waals surface area contributed by atoms with E-state index in [0.717, 1.165) is 17.8 Å². The second-order valence-corrected chi connectivity index (χ2v) is 9.44. The average Bonchev–Trinajstić information content (AvgIpc) is 3.48. The number of carbonyl (C=O) groups is 2. The van der Waals surface area contributed by atoms with E-state index in [2.05, 4.69) is 38.3 Å². The van der Waals surface area contributed by atoms with Crippen LogP contribution in [0.5, 0.6) is 0 Å². The molecule has 4 rings (SSSR count). The van der Waals surface area contributed by atoms with Crippen molar-refractivity contribution in [3.8, 4) is 0 Å². The van der Waals surface area contributed by atoms with Gasteiger partial charge in [-0.05, 0) is 29.0 Å². The van der Waals surface area contributed by atoms with Gasteiger partial charge in [0.15, 0.2) is 5.16 Å². The normalized spacial score (nSPS) is 10.8. The molecule has 2 amide bonds. The fourth-order valence-corrected chi connectivity index (χ4v) is 4.87. The Morgan fingerprint density at radius 2 is 1.61 bits per heavy atom. The van der Waals surface area contributed by atoms with Crippen LogP contribution in [-0.2, 0) is 35.4 Å². The first-order valence-electron chi connectivity index (χ1n) is 10.6. The van der Waals surface area contributed by atoms with Crippen molar-refractivity contribution in [2.24, 2.45) is 0 Å². The zero-order valence-corrected chi connectivity index (χ0v) is 19.6. The van der Waals surface area contributed by atoms with Crippen LogP contribution in [0.15, 0.2) is 83.3 Å². The molecule has 0 spiro atoms. The number of carbonyl (C=O) groups excluding carboxylic acids is 2. The lowest BCUT2D eigenvalue weighted by atomic mass is 10.1. The Balaban J connectivity index is 1.38. The molecular weight excluding hydrogens is 452 g/mol. The van der Waals surface area contributed by atoms with E-state index in [4.69, 9.17) is 0 Å². The molecule has 0 fully saturated rings. The number of rotatable bonds is 10. The molecule has 0 saturated carbocycles. The van der Waals surface area contributed by atoms with Crippen molar-refractivity contribution < 1.29 is 9.59 Å². The topological polar surface area (TPSA) is 76.9 Å². The SMILES string of the molecule is O=C(CSc1nnc(Cc2cccs2)n1CCc1ccccc1)NC(=O)Cc1ccccc1. The second kappa shape index (κ2) is 11.6. The molecule has 1 N–H and O–H groups in total. The maximum absolute atomic E-state index is 12.4. The molecule has 6 nitrogen and oxygen atoms in total. The van der Waals surface area contributed by atoms with Gasteiger partial charge in [0.2, 0.25) is 11.8 Å². The highest BCUT2D eigenvalue weighted by molar-refractivity contribution is 7.99. The van der Waals surface area contributed by atoms with Gasteiger partial charge in [0.05, 0.1) is 12.2 Å². The van der Waals surface area contributed by atoms with Gasteiger partial charge in [-0.25, -0.2) is 0 Å². The minimum absolute atomic E-state index is 0.100.